The molecule has 0 unspecified atom stereocenters. The molecule has 1 saturated heterocycles. The fourth-order valence-corrected chi connectivity index (χ4v) is 2.82. The second-order valence-electron chi connectivity index (χ2n) is 5.66. The molecular weight excluding hydrogens is 340 g/mol. The van der Waals surface area contributed by atoms with Crippen LogP contribution < -0.4 is 10.2 Å². The number of rotatable bonds is 4. The van der Waals surface area contributed by atoms with Crippen molar-refractivity contribution in [2.24, 2.45) is 0 Å². The number of para-hydroxylation sites is 1. The zero-order valence-corrected chi connectivity index (χ0v) is 14.3. The molecule has 0 radical (unpaired) electrons. The lowest BCUT2D eigenvalue weighted by Gasteiger charge is -2.34. The van der Waals surface area contributed by atoms with Crippen molar-refractivity contribution in [1.29, 1.82) is 5.26 Å². The van der Waals surface area contributed by atoms with Gasteiger partial charge in [-0.1, -0.05) is 23.7 Å². The van der Waals surface area contributed by atoms with Gasteiger partial charge < -0.3 is 10.2 Å². The molecule has 1 aromatic heterocycles. The Morgan fingerprint density at radius 1 is 1.20 bits per heavy atom. The van der Waals surface area contributed by atoms with Gasteiger partial charge in [-0.15, -0.1) is 0 Å². The number of carbonyl (C=O) groups excluding carboxylic acids is 1. The third kappa shape index (κ3) is 4.44. The highest BCUT2D eigenvalue weighted by Gasteiger charge is 2.20. The Morgan fingerprint density at radius 3 is 2.60 bits per heavy atom. The number of halogens is 1. The molecule has 0 atom stereocenters. The predicted molar refractivity (Wildman–Crippen MR) is 95.5 cm³/mol. The Hall–Kier alpha value is -2.69. The largest absolute Gasteiger partial charge is 0.353 e. The van der Waals surface area contributed by atoms with Gasteiger partial charge in [0.15, 0.2) is 5.69 Å². The zero-order chi connectivity index (χ0) is 17.6. The van der Waals surface area contributed by atoms with Gasteiger partial charge >= 0.3 is 0 Å². The number of hydrogen-bond acceptors (Lipinski definition) is 6. The lowest BCUT2D eigenvalue weighted by molar-refractivity contribution is -0.117. The Bertz CT molecular complexity index is 780. The lowest BCUT2D eigenvalue weighted by atomic mass is 10.3. The summed E-state index contributed by atoms with van der Waals surface area (Å²) < 4.78 is 0. The molecule has 8 heteroatoms. The van der Waals surface area contributed by atoms with Gasteiger partial charge in [-0.25, -0.2) is 9.97 Å². The minimum Gasteiger partial charge on any atom is -0.353 e. The van der Waals surface area contributed by atoms with Crippen molar-refractivity contribution in [1.82, 2.24) is 14.9 Å². The fourth-order valence-electron chi connectivity index (χ4n) is 2.63. The molecule has 0 saturated carbocycles. The van der Waals surface area contributed by atoms with E-state index in [0.29, 0.717) is 22.9 Å². The average Bonchev–Trinajstić information content (AvgIpc) is 2.64. The molecule has 25 heavy (non-hydrogen) atoms. The van der Waals surface area contributed by atoms with Crippen LogP contribution in [0.1, 0.15) is 5.69 Å². The van der Waals surface area contributed by atoms with Gasteiger partial charge in [0.05, 0.1) is 29.6 Å². The van der Waals surface area contributed by atoms with Crippen molar-refractivity contribution in [2.75, 3.05) is 42.9 Å². The first-order chi connectivity index (χ1) is 12.2. The van der Waals surface area contributed by atoms with E-state index in [4.69, 9.17) is 16.9 Å². The number of piperazine rings is 1. The van der Waals surface area contributed by atoms with Crippen molar-refractivity contribution < 1.29 is 4.79 Å². The second-order valence-corrected chi connectivity index (χ2v) is 6.07. The molecule has 0 bridgehead atoms. The van der Waals surface area contributed by atoms with E-state index in [-0.39, 0.29) is 5.91 Å². The third-order valence-corrected chi connectivity index (χ3v) is 4.29. The average molecular weight is 357 g/mol. The molecule has 1 fully saturated rings. The van der Waals surface area contributed by atoms with Crippen LogP contribution in [0.4, 0.5) is 11.5 Å². The fraction of sp³-hybridized carbons (Fsp3) is 0.294. The van der Waals surface area contributed by atoms with E-state index in [1.165, 1.54) is 6.20 Å². The van der Waals surface area contributed by atoms with Crippen LogP contribution in [0.2, 0.25) is 5.02 Å². The minimum atomic E-state index is -0.0836. The first-order valence-electron chi connectivity index (χ1n) is 7.89. The van der Waals surface area contributed by atoms with Gasteiger partial charge in [0, 0.05) is 26.2 Å². The Morgan fingerprint density at radius 2 is 1.96 bits per heavy atom. The monoisotopic (exact) mass is 356 g/mol. The molecule has 0 aliphatic carbocycles. The van der Waals surface area contributed by atoms with Gasteiger partial charge in [0.2, 0.25) is 5.91 Å². The zero-order valence-electron chi connectivity index (χ0n) is 13.5. The molecule has 1 aromatic carbocycles. The molecule has 1 aliphatic heterocycles. The van der Waals surface area contributed by atoms with Crippen LogP contribution in [-0.4, -0.2) is 53.5 Å². The molecular formula is C17H17ClN6O. The minimum absolute atomic E-state index is 0.0836. The number of amides is 1. The molecule has 3 rings (SSSR count). The Kier molecular flexibility index (Phi) is 5.43. The van der Waals surface area contributed by atoms with Crippen LogP contribution >= 0.6 is 11.6 Å². The Balaban J connectivity index is 1.49. The summed E-state index contributed by atoms with van der Waals surface area (Å²) in [6, 6.07) is 9.13. The van der Waals surface area contributed by atoms with Crippen molar-refractivity contribution in [3.8, 4) is 6.07 Å². The van der Waals surface area contributed by atoms with Gasteiger partial charge in [0.25, 0.3) is 0 Å². The summed E-state index contributed by atoms with van der Waals surface area (Å²) >= 11 is 6.05. The van der Waals surface area contributed by atoms with E-state index in [2.05, 4.69) is 25.1 Å². The SMILES string of the molecule is N#Cc1cnc(N2CCN(CC(=O)Nc3ccccc3Cl)CC2)cn1. The van der Waals surface area contributed by atoms with Gasteiger partial charge in [-0.2, -0.15) is 5.26 Å². The molecule has 0 spiro atoms. The molecule has 7 nitrogen and oxygen atoms in total. The van der Waals surface area contributed by atoms with Crippen LogP contribution in [0.3, 0.4) is 0 Å². The smallest absolute Gasteiger partial charge is 0.238 e. The van der Waals surface area contributed by atoms with Crippen molar-refractivity contribution in [3.05, 3.63) is 47.4 Å². The summed E-state index contributed by atoms with van der Waals surface area (Å²) in [5.74, 6) is 0.666. The molecule has 1 aliphatic rings. The maximum atomic E-state index is 12.2. The van der Waals surface area contributed by atoms with E-state index >= 15 is 0 Å². The number of nitriles is 1. The number of carbonyl (C=O) groups is 1. The maximum absolute atomic E-state index is 12.2. The number of nitrogens with one attached hydrogen (secondary N) is 1. The van der Waals surface area contributed by atoms with E-state index in [1.54, 1.807) is 18.3 Å². The summed E-state index contributed by atoms with van der Waals surface area (Å²) in [4.78, 5) is 24.6. The highest BCUT2D eigenvalue weighted by molar-refractivity contribution is 6.33. The van der Waals surface area contributed by atoms with E-state index in [1.807, 2.05) is 18.2 Å². The van der Waals surface area contributed by atoms with Gasteiger partial charge in [0.1, 0.15) is 11.9 Å². The summed E-state index contributed by atoms with van der Waals surface area (Å²) in [7, 11) is 0. The van der Waals surface area contributed by atoms with Crippen LogP contribution in [0.15, 0.2) is 36.7 Å². The highest BCUT2D eigenvalue weighted by Crippen LogP contribution is 2.20. The molecule has 2 heterocycles. The van der Waals surface area contributed by atoms with Crippen LogP contribution in [0.5, 0.6) is 0 Å². The van der Waals surface area contributed by atoms with Crippen molar-refractivity contribution in [3.63, 3.8) is 0 Å². The number of hydrogen-bond donors (Lipinski definition) is 1. The highest BCUT2D eigenvalue weighted by atomic mass is 35.5. The summed E-state index contributed by atoms with van der Waals surface area (Å²) in [6.45, 7) is 3.31. The quantitative estimate of drug-likeness (QED) is 0.898. The third-order valence-electron chi connectivity index (χ3n) is 3.96. The van der Waals surface area contributed by atoms with Gasteiger partial charge in [-0.3, -0.25) is 9.69 Å². The van der Waals surface area contributed by atoms with Crippen molar-refractivity contribution >= 4 is 29.0 Å². The molecule has 2 aromatic rings. The topological polar surface area (TPSA) is 85.2 Å². The summed E-state index contributed by atoms with van der Waals surface area (Å²) in [6.07, 6.45) is 3.08. The second kappa shape index (κ2) is 7.92. The lowest BCUT2D eigenvalue weighted by Crippen LogP contribution is -2.49. The predicted octanol–water partition coefficient (Wildman–Crippen LogP) is 1.76. The van der Waals surface area contributed by atoms with E-state index in [9.17, 15) is 4.79 Å². The number of nitrogens with zero attached hydrogens (tertiary/aromatic N) is 5. The molecule has 128 valence electrons. The van der Waals surface area contributed by atoms with Crippen LogP contribution in [0.25, 0.3) is 0 Å². The molecule has 1 N–H and O–H groups in total. The number of anilines is 2. The van der Waals surface area contributed by atoms with Gasteiger partial charge in [-0.05, 0) is 12.1 Å². The summed E-state index contributed by atoms with van der Waals surface area (Å²) in [5.41, 5.74) is 0.930. The first-order valence-corrected chi connectivity index (χ1v) is 8.27. The number of benzene rings is 1. The summed E-state index contributed by atoms with van der Waals surface area (Å²) in [5, 5.41) is 12.1. The van der Waals surface area contributed by atoms with Crippen molar-refractivity contribution in [2.45, 2.75) is 0 Å². The van der Waals surface area contributed by atoms with Crippen LogP contribution in [-0.2, 0) is 4.79 Å². The van der Waals surface area contributed by atoms with Crippen LogP contribution in [0, 0.1) is 11.3 Å². The normalized spacial score (nSPS) is 14.8. The van der Waals surface area contributed by atoms with E-state index < -0.39 is 0 Å². The Labute approximate surface area is 150 Å². The maximum Gasteiger partial charge on any atom is 0.238 e. The first kappa shape index (κ1) is 17.1. The standard InChI is InChI=1S/C17H17ClN6O/c18-14-3-1-2-4-15(14)22-17(25)12-23-5-7-24(8-6-23)16-11-20-13(9-19)10-21-16/h1-4,10-11H,5-8,12H2,(H,22,25). The molecule has 1 amide bonds. The number of aromatic nitrogens is 2. The van der Waals surface area contributed by atoms with E-state index in [0.717, 1.165) is 32.0 Å².